The number of aliphatic hydroxyl groups is 1. The number of aromatic nitrogens is 3. The van der Waals surface area contributed by atoms with Crippen molar-refractivity contribution in [3.8, 4) is 39.3 Å². The molecule has 3 N–H and O–H groups in total. The molecule has 0 unspecified atom stereocenters. The molecule has 1 aliphatic rings. The Morgan fingerprint density at radius 1 is 1.10 bits per heavy atom. The lowest BCUT2D eigenvalue weighted by Gasteiger charge is -2.23. The number of hydrogen-bond acceptors (Lipinski definition) is 6. The van der Waals surface area contributed by atoms with Gasteiger partial charge in [-0.1, -0.05) is 35.9 Å². The number of halogens is 1. The van der Waals surface area contributed by atoms with Gasteiger partial charge in [0, 0.05) is 47.4 Å². The average molecular weight is 585 g/mol. The van der Waals surface area contributed by atoms with Gasteiger partial charge in [0.2, 0.25) is 0 Å². The lowest BCUT2D eigenvalue weighted by Crippen LogP contribution is -2.18. The number of carboxylic acids is 1. The summed E-state index contributed by atoms with van der Waals surface area (Å²) in [7, 11) is 0. The predicted molar refractivity (Wildman–Crippen MR) is 166 cm³/mol. The van der Waals surface area contributed by atoms with Crippen molar-refractivity contribution in [3.05, 3.63) is 89.3 Å². The summed E-state index contributed by atoms with van der Waals surface area (Å²) in [6.07, 6.45) is 5.32. The molecule has 2 aromatic carbocycles. The monoisotopic (exact) mass is 584 g/mol. The minimum absolute atomic E-state index is 0.133. The van der Waals surface area contributed by atoms with Gasteiger partial charge in [0.15, 0.2) is 0 Å². The van der Waals surface area contributed by atoms with Crippen LogP contribution in [0.2, 0.25) is 5.02 Å². The maximum atomic E-state index is 11.9. The molecule has 0 fully saturated rings. The van der Waals surface area contributed by atoms with Gasteiger partial charge in [-0.2, -0.15) is 5.10 Å². The van der Waals surface area contributed by atoms with E-state index >= 15 is 0 Å². The van der Waals surface area contributed by atoms with E-state index < -0.39 is 11.6 Å². The number of benzene rings is 2. The third-order valence-corrected chi connectivity index (χ3v) is 6.99. The molecule has 5 aromatic rings. The van der Waals surface area contributed by atoms with E-state index in [0.29, 0.717) is 29.5 Å². The largest absolute Gasteiger partial charge is 0.490 e. The van der Waals surface area contributed by atoms with Crippen LogP contribution in [-0.2, 0) is 11.2 Å². The van der Waals surface area contributed by atoms with Crippen molar-refractivity contribution in [2.45, 2.75) is 39.7 Å². The first kappa shape index (κ1) is 29.1. The quantitative estimate of drug-likeness (QED) is 0.206. The van der Waals surface area contributed by atoms with E-state index in [-0.39, 0.29) is 6.42 Å². The molecule has 1 aliphatic heterocycles. The van der Waals surface area contributed by atoms with Gasteiger partial charge < -0.3 is 20.3 Å². The van der Waals surface area contributed by atoms with Gasteiger partial charge in [-0.15, -0.1) is 0 Å². The maximum absolute atomic E-state index is 11.9. The van der Waals surface area contributed by atoms with Crippen molar-refractivity contribution in [1.29, 1.82) is 0 Å². The molecule has 0 atom stereocenters. The van der Waals surface area contributed by atoms with E-state index in [1.165, 1.54) is 0 Å². The molecular weight excluding hydrogens is 552 g/mol. The number of carbonyl (C=O) groups is 1. The Bertz CT molecular complexity index is 1750. The zero-order chi connectivity index (χ0) is 30.0. The van der Waals surface area contributed by atoms with Crippen LogP contribution >= 0.6 is 11.6 Å². The fourth-order valence-electron chi connectivity index (χ4n) is 4.88. The van der Waals surface area contributed by atoms with Gasteiger partial charge >= 0.3 is 5.97 Å². The molecule has 8 nitrogen and oxygen atoms in total. The molecule has 216 valence electrons. The number of nitrogens with one attached hydrogen (secondary N) is 1. The Hall–Kier alpha value is -4.40. The van der Waals surface area contributed by atoms with Crippen LogP contribution in [0, 0.1) is 6.92 Å². The number of carboxylic acid groups (broad SMARTS) is 1. The van der Waals surface area contributed by atoms with Gasteiger partial charge in [-0.05, 0) is 74.7 Å². The van der Waals surface area contributed by atoms with Crippen LogP contribution in [0.1, 0.15) is 31.9 Å². The van der Waals surface area contributed by atoms with E-state index in [4.69, 9.17) is 26.5 Å². The number of nitrogens with zero attached hydrogens (tertiary/aromatic N) is 3. The fraction of sp³-hybridized carbons (Fsp3) is 0.242. The number of rotatable bonds is 5. The van der Waals surface area contributed by atoms with Gasteiger partial charge in [0.05, 0.1) is 33.9 Å². The van der Waals surface area contributed by atoms with Crippen molar-refractivity contribution in [1.82, 2.24) is 14.6 Å². The second-order valence-corrected chi connectivity index (χ2v) is 11.5. The second kappa shape index (κ2) is 11.8. The van der Waals surface area contributed by atoms with E-state index in [1.807, 2.05) is 72.4 Å². The number of aryl methyl sites for hydroxylation is 1. The Morgan fingerprint density at radius 2 is 1.83 bits per heavy atom. The molecule has 6 rings (SSSR count). The second-order valence-electron chi connectivity index (χ2n) is 11.2. The normalized spacial score (nSPS) is 12.5. The molecule has 42 heavy (non-hydrogen) atoms. The summed E-state index contributed by atoms with van der Waals surface area (Å²) in [5.41, 5.74) is 7.78. The van der Waals surface area contributed by atoms with Crippen LogP contribution in [0.5, 0.6) is 5.75 Å². The Balaban J connectivity index is 0.000000652. The van der Waals surface area contributed by atoms with Crippen LogP contribution < -0.4 is 10.1 Å². The number of fused-ring (bicyclic) bond motifs is 2. The Labute approximate surface area is 249 Å². The standard InChI is InChI=1S/C29H23ClN4O3.C4H10O/c1-17-16-34-24(14-23(33-34)19-5-2-4-18(12-19)20-6-3-9-31-15-20)27(22(17)13-26(35)36)21-7-8-25-29(28(21)30)32-10-11-37-25;1-4(2,3)5/h2-9,12,14-16,32H,10-11,13H2,1H3,(H,35,36);5H,1-3H3. The smallest absolute Gasteiger partial charge is 0.307 e. The SMILES string of the molecule is CC(C)(C)O.Cc1cn2nc(-c3cccc(-c4cccnc4)c3)cc2c(-c2ccc3c(c2Cl)NCCO3)c1CC(=O)O. The topological polar surface area (TPSA) is 109 Å². The highest BCUT2D eigenvalue weighted by Gasteiger charge is 2.24. The Morgan fingerprint density at radius 3 is 2.55 bits per heavy atom. The zero-order valence-electron chi connectivity index (χ0n) is 24.0. The molecular formula is C33H33ClN4O4. The summed E-state index contributed by atoms with van der Waals surface area (Å²) < 4.78 is 7.56. The number of aliphatic carboxylic acids is 1. The Kier molecular flexibility index (Phi) is 8.20. The molecule has 0 bridgehead atoms. The molecule has 0 spiro atoms. The van der Waals surface area contributed by atoms with E-state index in [1.54, 1.807) is 27.0 Å². The highest BCUT2D eigenvalue weighted by atomic mass is 35.5. The predicted octanol–water partition coefficient (Wildman–Crippen LogP) is 6.90. The number of ether oxygens (including phenoxy) is 1. The molecule has 0 saturated carbocycles. The summed E-state index contributed by atoms with van der Waals surface area (Å²) in [6.45, 7) is 8.34. The molecule has 0 radical (unpaired) electrons. The van der Waals surface area contributed by atoms with E-state index in [9.17, 15) is 9.90 Å². The van der Waals surface area contributed by atoms with E-state index in [2.05, 4.69) is 16.4 Å². The van der Waals surface area contributed by atoms with Crippen molar-refractivity contribution in [3.63, 3.8) is 0 Å². The maximum Gasteiger partial charge on any atom is 0.307 e. The highest BCUT2D eigenvalue weighted by Crippen LogP contribution is 2.44. The van der Waals surface area contributed by atoms with Crippen molar-refractivity contribution < 1.29 is 19.7 Å². The number of hydrogen-bond donors (Lipinski definition) is 3. The van der Waals surface area contributed by atoms with Crippen LogP contribution in [-0.4, -0.2) is 49.5 Å². The highest BCUT2D eigenvalue weighted by molar-refractivity contribution is 6.36. The number of anilines is 1. The first-order chi connectivity index (χ1) is 20.0. The minimum atomic E-state index is -0.909. The molecule has 0 saturated heterocycles. The van der Waals surface area contributed by atoms with Gasteiger partial charge in [-0.25, -0.2) is 4.52 Å². The van der Waals surface area contributed by atoms with Crippen LogP contribution in [0.15, 0.2) is 73.2 Å². The number of pyridine rings is 2. The van der Waals surface area contributed by atoms with Gasteiger partial charge in [0.25, 0.3) is 0 Å². The van der Waals surface area contributed by atoms with Crippen molar-refractivity contribution in [2.75, 3.05) is 18.5 Å². The lowest BCUT2D eigenvalue weighted by molar-refractivity contribution is -0.136. The third-order valence-electron chi connectivity index (χ3n) is 6.60. The molecule has 3 aromatic heterocycles. The molecule has 4 heterocycles. The van der Waals surface area contributed by atoms with Crippen LogP contribution in [0.25, 0.3) is 39.0 Å². The van der Waals surface area contributed by atoms with E-state index in [0.717, 1.165) is 50.3 Å². The molecule has 0 amide bonds. The van der Waals surface area contributed by atoms with Gasteiger partial charge in [-0.3, -0.25) is 9.78 Å². The summed E-state index contributed by atoms with van der Waals surface area (Å²) in [6, 6.07) is 17.8. The van der Waals surface area contributed by atoms with Crippen molar-refractivity contribution in [2.24, 2.45) is 0 Å². The van der Waals surface area contributed by atoms with Crippen LogP contribution in [0.3, 0.4) is 0 Å². The first-order valence-corrected chi connectivity index (χ1v) is 14.0. The molecule has 0 aliphatic carbocycles. The summed E-state index contributed by atoms with van der Waals surface area (Å²) in [4.78, 5) is 16.1. The minimum Gasteiger partial charge on any atom is -0.490 e. The summed E-state index contributed by atoms with van der Waals surface area (Å²) >= 11 is 6.91. The average Bonchev–Trinajstić information content (AvgIpc) is 3.37. The first-order valence-electron chi connectivity index (χ1n) is 13.7. The lowest BCUT2D eigenvalue weighted by atomic mass is 9.93. The summed E-state index contributed by atoms with van der Waals surface area (Å²) in [5, 5.41) is 26.9. The van der Waals surface area contributed by atoms with Crippen molar-refractivity contribution >= 4 is 28.8 Å². The summed E-state index contributed by atoms with van der Waals surface area (Å²) in [5.74, 6) is -0.224. The van der Waals surface area contributed by atoms with Gasteiger partial charge in [0.1, 0.15) is 12.4 Å². The third kappa shape index (κ3) is 6.40. The molecule has 9 heteroatoms. The van der Waals surface area contributed by atoms with Crippen LogP contribution in [0.4, 0.5) is 5.69 Å². The fourth-order valence-corrected chi connectivity index (χ4v) is 5.20. The zero-order valence-corrected chi connectivity index (χ0v) is 24.7.